The van der Waals surface area contributed by atoms with E-state index in [-0.39, 0.29) is 18.2 Å². The number of nitrogens with zero attached hydrogens (tertiary/aromatic N) is 1. The number of primary amides is 1. The van der Waals surface area contributed by atoms with Crippen LogP contribution in [0.3, 0.4) is 0 Å². The number of rotatable bonds is 4. The van der Waals surface area contributed by atoms with Crippen LogP contribution >= 0.6 is 0 Å². The second-order valence-corrected chi connectivity index (χ2v) is 7.16. The monoisotopic (exact) mass is 460 g/mol. The van der Waals surface area contributed by atoms with Crippen LogP contribution in [0.1, 0.15) is 21.6 Å². The maximum absolute atomic E-state index is 12.0. The highest BCUT2D eigenvalue weighted by Gasteiger charge is 2.38. The Morgan fingerprint density at radius 1 is 1.12 bits per heavy atom. The highest BCUT2D eigenvalue weighted by atomic mass is 19.4. The molecular weight excluding hydrogens is 441 g/mol. The normalized spacial score (nSPS) is 12.8. The predicted octanol–water partition coefficient (Wildman–Crippen LogP) is 2.69. The predicted molar refractivity (Wildman–Crippen MR) is 112 cm³/mol. The summed E-state index contributed by atoms with van der Waals surface area (Å²) < 4.78 is 31.7. The number of aromatic nitrogens is 2. The van der Waals surface area contributed by atoms with E-state index in [0.717, 1.165) is 40.2 Å². The average molecular weight is 460 g/mol. The molecule has 0 atom stereocenters. The fraction of sp³-hybridized carbons (Fsp3) is 0.182. The van der Waals surface area contributed by atoms with Gasteiger partial charge in [0, 0.05) is 41.7 Å². The maximum Gasteiger partial charge on any atom is 0.490 e. The number of benzene rings is 1. The van der Waals surface area contributed by atoms with Gasteiger partial charge in [0.2, 0.25) is 5.91 Å². The summed E-state index contributed by atoms with van der Waals surface area (Å²) in [6.45, 7) is 0.653. The van der Waals surface area contributed by atoms with Gasteiger partial charge >= 0.3 is 12.1 Å². The number of aliphatic carboxylic acids is 1. The molecule has 0 spiro atoms. The molecule has 0 bridgehead atoms. The zero-order valence-electron chi connectivity index (χ0n) is 17.1. The molecule has 0 unspecified atom stereocenters. The van der Waals surface area contributed by atoms with Gasteiger partial charge in [0.05, 0.1) is 17.7 Å². The molecule has 0 saturated heterocycles. The molecule has 11 heteroatoms. The SMILES string of the molecule is NC(=O)Cc1cccc(-c2cc(-c3cc4c([nH]3)CCNC4=O)ccn2)c1.O=C(O)C(F)(F)F. The number of halogens is 3. The Morgan fingerprint density at radius 3 is 2.48 bits per heavy atom. The summed E-state index contributed by atoms with van der Waals surface area (Å²) >= 11 is 0. The van der Waals surface area contributed by atoms with Gasteiger partial charge in [-0.1, -0.05) is 18.2 Å². The van der Waals surface area contributed by atoms with E-state index in [9.17, 15) is 22.8 Å². The minimum atomic E-state index is -5.08. The number of pyridine rings is 1. The highest BCUT2D eigenvalue weighted by molar-refractivity contribution is 5.97. The van der Waals surface area contributed by atoms with Gasteiger partial charge in [-0.15, -0.1) is 0 Å². The van der Waals surface area contributed by atoms with E-state index >= 15 is 0 Å². The van der Waals surface area contributed by atoms with E-state index < -0.39 is 12.1 Å². The van der Waals surface area contributed by atoms with Crippen LogP contribution < -0.4 is 11.1 Å². The van der Waals surface area contributed by atoms with E-state index in [1.54, 1.807) is 6.20 Å². The summed E-state index contributed by atoms with van der Waals surface area (Å²) in [5.41, 5.74) is 11.4. The molecule has 1 aliphatic heterocycles. The summed E-state index contributed by atoms with van der Waals surface area (Å²) in [7, 11) is 0. The molecular formula is C22H19F3N4O4. The van der Waals surface area contributed by atoms with Gasteiger partial charge < -0.3 is 21.1 Å². The number of hydrogen-bond donors (Lipinski definition) is 4. The van der Waals surface area contributed by atoms with Gasteiger partial charge in [0.25, 0.3) is 5.91 Å². The number of H-pyrrole nitrogens is 1. The third-order valence-corrected chi connectivity index (χ3v) is 4.72. The molecule has 1 aromatic carbocycles. The van der Waals surface area contributed by atoms with Crippen LogP contribution in [0.25, 0.3) is 22.5 Å². The molecule has 0 aliphatic carbocycles. The number of alkyl halides is 3. The molecule has 8 nitrogen and oxygen atoms in total. The van der Waals surface area contributed by atoms with E-state index in [1.165, 1.54) is 0 Å². The lowest BCUT2D eigenvalue weighted by molar-refractivity contribution is -0.192. The number of aromatic amines is 1. The lowest BCUT2D eigenvalue weighted by Gasteiger charge is -2.11. The van der Waals surface area contributed by atoms with Crippen molar-refractivity contribution < 1.29 is 32.7 Å². The molecule has 172 valence electrons. The Balaban J connectivity index is 0.000000383. The van der Waals surface area contributed by atoms with Crippen LogP contribution in [0.4, 0.5) is 13.2 Å². The maximum atomic E-state index is 12.0. The van der Waals surface area contributed by atoms with Crippen molar-refractivity contribution in [1.29, 1.82) is 0 Å². The summed E-state index contributed by atoms with van der Waals surface area (Å²) in [6, 6.07) is 13.4. The van der Waals surface area contributed by atoms with Crippen molar-refractivity contribution in [3.05, 3.63) is 65.5 Å². The Labute approximate surface area is 185 Å². The first kappa shape index (κ1) is 23.5. The van der Waals surface area contributed by atoms with Crippen molar-refractivity contribution in [2.24, 2.45) is 5.73 Å². The fourth-order valence-corrected chi connectivity index (χ4v) is 3.25. The molecule has 3 heterocycles. The summed E-state index contributed by atoms with van der Waals surface area (Å²) in [6.07, 6.45) is -2.34. The molecule has 0 saturated carbocycles. The largest absolute Gasteiger partial charge is 0.490 e. The van der Waals surface area contributed by atoms with Crippen molar-refractivity contribution >= 4 is 17.8 Å². The summed E-state index contributed by atoms with van der Waals surface area (Å²) in [4.78, 5) is 39.8. The second kappa shape index (κ2) is 9.55. The first-order valence-electron chi connectivity index (χ1n) is 9.69. The first-order valence-corrected chi connectivity index (χ1v) is 9.69. The minimum Gasteiger partial charge on any atom is -0.475 e. The molecule has 33 heavy (non-hydrogen) atoms. The number of carbonyl (C=O) groups excluding carboxylic acids is 2. The van der Waals surface area contributed by atoms with E-state index in [2.05, 4.69) is 15.3 Å². The molecule has 0 radical (unpaired) electrons. The second-order valence-electron chi connectivity index (χ2n) is 7.16. The lowest BCUT2D eigenvalue weighted by Crippen LogP contribution is -2.31. The fourth-order valence-electron chi connectivity index (χ4n) is 3.25. The average Bonchev–Trinajstić information content (AvgIpc) is 3.19. The molecule has 5 N–H and O–H groups in total. The van der Waals surface area contributed by atoms with Gasteiger partial charge in [-0.3, -0.25) is 14.6 Å². The molecule has 0 fully saturated rings. The number of carboxylic acid groups (broad SMARTS) is 1. The first-order chi connectivity index (χ1) is 15.5. The van der Waals surface area contributed by atoms with Gasteiger partial charge in [-0.2, -0.15) is 13.2 Å². The van der Waals surface area contributed by atoms with Crippen LogP contribution in [0.15, 0.2) is 48.7 Å². The standard InChI is InChI=1S/C20H18N4O2.C2HF3O2/c21-19(25)9-12-2-1-3-13(8-12)17-10-14(4-6-22-17)18-11-15-16(24-18)5-7-23-20(15)26;3-2(4,5)1(6)7/h1-4,6,8,10-11,24H,5,7,9H2,(H2,21,25)(H,23,26);(H,6,7). The zero-order chi connectivity index (χ0) is 24.2. The topological polar surface area (TPSA) is 138 Å². The molecule has 1 aliphatic rings. The van der Waals surface area contributed by atoms with Crippen LogP contribution in [0, 0.1) is 0 Å². The Hall–Kier alpha value is -4.15. The van der Waals surface area contributed by atoms with Crippen LogP contribution in [0.5, 0.6) is 0 Å². The molecule has 2 aromatic heterocycles. The third kappa shape index (κ3) is 5.97. The zero-order valence-corrected chi connectivity index (χ0v) is 17.1. The van der Waals surface area contributed by atoms with E-state index in [0.29, 0.717) is 12.1 Å². The molecule has 3 aromatic rings. The number of nitrogens with two attached hydrogens (primary N) is 1. The van der Waals surface area contributed by atoms with Crippen molar-refractivity contribution in [2.45, 2.75) is 19.0 Å². The summed E-state index contributed by atoms with van der Waals surface area (Å²) in [5.74, 6) is -3.16. The number of fused-ring (bicyclic) bond motifs is 1. The quantitative estimate of drug-likeness (QED) is 0.474. The van der Waals surface area contributed by atoms with Crippen LogP contribution in [-0.4, -0.2) is 45.6 Å². The number of carbonyl (C=O) groups is 3. The number of carboxylic acids is 1. The van der Waals surface area contributed by atoms with Crippen molar-refractivity contribution in [3.8, 4) is 22.5 Å². The Bertz CT molecular complexity index is 1200. The van der Waals surface area contributed by atoms with Crippen molar-refractivity contribution in [3.63, 3.8) is 0 Å². The summed E-state index contributed by atoms with van der Waals surface area (Å²) in [5, 5.41) is 9.98. The number of amides is 2. The van der Waals surface area contributed by atoms with E-state index in [1.807, 2.05) is 42.5 Å². The van der Waals surface area contributed by atoms with Crippen LogP contribution in [-0.2, 0) is 22.4 Å². The van der Waals surface area contributed by atoms with Gasteiger partial charge in [-0.25, -0.2) is 4.79 Å². The van der Waals surface area contributed by atoms with Gasteiger partial charge in [-0.05, 0) is 29.8 Å². The highest BCUT2D eigenvalue weighted by Crippen LogP contribution is 2.27. The number of nitrogens with one attached hydrogen (secondary N) is 2. The van der Waals surface area contributed by atoms with Crippen molar-refractivity contribution in [1.82, 2.24) is 15.3 Å². The molecule has 2 amide bonds. The smallest absolute Gasteiger partial charge is 0.475 e. The Kier molecular flexibility index (Phi) is 6.80. The lowest BCUT2D eigenvalue weighted by atomic mass is 10.0. The van der Waals surface area contributed by atoms with Crippen LogP contribution in [0.2, 0.25) is 0 Å². The van der Waals surface area contributed by atoms with E-state index in [4.69, 9.17) is 15.6 Å². The van der Waals surface area contributed by atoms with Gasteiger partial charge in [0.15, 0.2) is 0 Å². The number of hydrogen-bond acceptors (Lipinski definition) is 4. The minimum absolute atomic E-state index is 0.0396. The Morgan fingerprint density at radius 2 is 1.85 bits per heavy atom. The third-order valence-electron chi connectivity index (χ3n) is 4.72. The van der Waals surface area contributed by atoms with Gasteiger partial charge in [0.1, 0.15) is 0 Å². The molecule has 4 rings (SSSR count). The van der Waals surface area contributed by atoms with Crippen molar-refractivity contribution in [2.75, 3.05) is 6.54 Å².